The number of anilines is 1. The predicted octanol–water partition coefficient (Wildman–Crippen LogP) is 2.66. The highest BCUT2D eigenvalue weighted by Crippen LogP contribution is 2.39. The topological polar surface area (TPSA) is 110 Å². The van der Waals surface area contributed by atoms with Gasteiger partial charge in [0.15, 0.2) is 9.84 Å². The maximum atomic E-state index is 12.6. The molecule has 1 aromatic rings. The van der Waals surface area contributed by atoms with E-state index in [-0.39, 0.29) is 24.2 Å². The van der Waals surface area contributed by atoms with E-state index in [1.807, 2.05) is 0 Å². The number of hydrogen-bond donors (Lipinski definition) is 2. The van der Waals surface area contributed by atoms with Gasteiger partial charge in [0.1, 0.15) is 4.75 Å². The Balaban J connectivity index is 2.16. The predicted molar refractivity (Wildman–Crippen MR) is 99.7 cm³/mol. The molecule has 26 heavy (non-hydrogen) atoms. The van der Waals surface area contributed by atoms with Gasteiger partial charge in [-0.15, -0.1) is 0 Å². The van der Waals surface area contributed by atoms with Gasteiger partial charge in [0.05, 0.1) is 18.1 Å². The molecule has 1 fully saturated rings. The van der Waals surface area contributed by atoms with Crippen molar-refractivity contribution in [1.29, 1.82) is 0 Å². The first-order chi connectivity index (χ1) is 12.0. The highest BCUT2D eigenvalue weighted by molar-refractivity contribution is 7.93. The minimum Gasteiger partial charge on any atom is -0.395 e. The van der Waals surface area contributed by atoms with Crippen LogP contribution < -0.4 is 5.32 Å². The lowest BCUT2D eigenvalue weighted by atomic mass is 9.72. The molecule has 0 atom stereocenters. The van der Waals surface area contributed by atoms with Crippen LogP contribution in [0.3, 0.4) is 0 Å². The number of amides is 1. The first kappa shape index (κ1) is 20.9. The SMILES string of the molecule is CC(C)CS(=O)(=O)C(C)(C)C(=O)Nc1cc(C2(CO)CCCCC2)no1. The van der Waals surface area contributed by atoms with Crippen LogP contribution in [0.25, 0.3) is 0 Å². The zero-order valence-electron chi connectivity index (χ0n) is 16.0. The Morgan fingerprint density at radius 3 is 2.50 bits per heavy atom. The fourth-order valence-electron chi connectivity index (χ4n) is 3.36. The first-order valence-corrected chi connectivity index (χ1v) is 10.8. The van der Waals surface area contributed by atoms with E-state index in [0.717, 1.165) is 32.1 Å². The van der Waals surface area contributed by atoms with E-state index >= 15 is 0 Å². The second-order valence-corrected chi connectivity index (χ2v) is 10.8. The van der Waals surface area contributed by atoms with E-state index in [1.165, 1.54) is 13.8 Å². The fourth-order valence-corrected chi connectivity index (χ4v) is 4.99. The fraction of sp³-hybridized carbons (Fsp3) is 0.778. The number of nitrogens with zero attached hydrogens (tertiary/aromatic N) is 1. The number of hydrogen-bond acceptors (Lipinski definition) is 6. The van der Waals surface area contributed by atoms with Gasteiger partial charge in [-0.05, 0) is 32.6 Å². The second kappa shape index (κ2) is 7.68. The molecule has 8 heteroatoms. The molecule has 0 aromatic carbocycles. The van der Waals surface area contributed by atoms with Crippen LogP contribution in [0, 0.1) is 5.92 Å². The normalized spacial score (nSPS) is 18.1. The van der Waals surface area contributed by atoms with Crippen molar-refractivity contribution in [2.75, 3.05) is 17.7 Å². The van der Waals surface area contributed by atoms with E-state index in [2.05, 4.69) is 10.5 Å². The highest BCUT2D eigenvalue weighted by Gasteiger charge is 2.42. The molecule has 0 aliphatic heterocycles. The molecule has 0 bridgehead atoms. The van der Waals surface area contributed by atoms with E-state index in [9.17, 15) is 18.3 Å². The lowest BCUT2D eigenvalue weighted by Crippen LogP contribution is -2.46. The molecular formula is C18H30N2O5S. The summed E-state index contributed by atoms with van der Waals surface area (Å²) in [5, 5.41) is 16.4. The third-order valence-electron chi connectivity index (χ3n) is 5.28. The number of nitrogens with one attached hydrogen (secondary N) is 1. The average molecular weight is 387 g/mol. The van der Waals surface area contributed by atoms with Crippen LogP contribution in [0.2, 0.25) is 0 Å². The Hall–Kier alpha value is -1.41. The summed E-state index contributed by atoms with van der Waals surface area (Å²) in [6, 6.07) is 1.60. The molecule has 1 aliphatic rings. The van der Waals surface area contributed by atoms with Crippen LogP contribution in [0.1, 0.15) is 65.5 Å². The van der Waals surface area contributed by atoms with E-state index in [4.69, 9.17) is 4.52 Å². The molecule has 1 aliphatic carbocycles. The molecule has 1 aromatic heterocycles. The number of sulfone groups is 1. The zero-order valence-corrected chi connectivity index (χ0v) is 16.9. The van der Waals surface area contributed by atoms with Crippen LogP contribution in [-0.4, -0.2) is 41.7 Å². The third kappa shape index (κ3) is 4.11. The number of carbonyl (C=O) groups excluding carboxylic acids is 1. The molecule has 148 valence electrons. The summed E-state index contributed by atoms with van der Waals surface area (Å²) in [5.74, 6) is -0.679. The van der Waals surface area contributed by atoms with E-state index < -0.39 is 25.9 Å². The van der Waals surface area contributed by atoms with Crippen LogP contribution in [0.15, 0.2) is 10.6 Å². The number of aliphatic hydroxyl groups excluding tert-OH is 1. The molecule has 0 spiro atoms. The number of carbonyl (C=O) groups is 1. The van der Waals surface area contributed by atoms with Crippen molar-refractivity contribution in [3.63, 3.8) is 0 Å². The highest BCUT2D eigenvalue weighted by atomic mass is 32.2. The largest absolute Gasteiger partial charge is 0.395 e. The van der Waals surface area contributed by atoms with Gasteiger partial charge in [-0.2, -0.15) is 0 Å². The lowest BCUT2D eigenvalue weighted by Gasteiger charge is -2.33. The van der Waals surface area contributed by atoms with Crippen LogP contribution >= 0.6 is 0 Å². The summed E-state index contributed by atoms with van der Waals surface area (Å²) in [5.41, 5.74) is 0.169. The molecule has 2 N–H and O–H groups in total. The van der Waals surface area contributed by atoms with Gasteiger partial charge in [0.2, 0.25) is 11.8 Å². The first-order valence-electron chi connectivity index (χ1n) is 9.16. The summed E-state index contributed by atoms with van der Waals surface area (Å²) in [4.78, 5) is 12.6. The second-order valence-electron chi connectivity index (χ2n) is 8.22. The minimum atomic E-state index is -3.62. The van der Waals surface area contributed by atoms with E-state index in [0.29, 0.717) is 5.69 Å². The Morgan fingerprint density at radius 1 is 1.35 bits per heavy atom. The molecule has 1 amide bonds. The standard InChI is InChI=1S/C18H30N2O5S/c1-13(2)11-26(23,24)17(3,4)16(22)19-15-10-14(20-25-15)18(12-21)8-6-5-7-9-18/h10,13,21H,5-9,11-12H2,1-4H3,(H,19,22). The Morgan fingerprint density at radius 2 is 1.96 bits per heavy atom. The summed E-state index contributed by atoms with van der Waals surface area (Å²) >= 11 is 0. The number of aliphatic hydroxyl groups is 1. The van der Waals surface area contributed by atoms with Crippen LogP contribution in [0.5, 0.6) is 0 Å². The summed E-state index contributed by atoms with van der Waals surface area (Å²) < 4.78 is 28.6. The van der Waals surface area contributed by atoms with Gasteiger partial charge in [-0.1, -0.05) is 38.3 Å². The van der Waals surface area contributed by atoms with Crippen LogP contribution in [0.4, 0.5) is 5.88 Å². The van der Waals surface area contributed by atoms with Gasteiger partial charge in [-0.3, -0.25) is 10.1 Å². The maximum Gasteiger partial charge on any atom is 0.247 e. The van der Waals surface area contributed by atoms with Crippen LogP contribution in [-0.2, 0) is 20.0 Å². The van der Waals surface area contributed by atoms with Crippen molar-refractivity contribution in [3.8, 4) is 0 Å². The molecular weight excluding hydrogens is 356 g/mol. The van der Waals surface area contributed by atoms with Gasteiger partial charge in [-0.25, -0.2) is 8.42 Å². The summed E-state index contributed by atoms with van der Waals surface area (Å²) in [6.45, 7) is 6.36. The monoisotopic (exact) mass is 386 g/mol. The molecule has 1 heterocycles. The third-order valence-corrected chi connectivity index (χ3v) is 8.13. The van der Waals surface area contributed by atoms with Crippen molar-refractivity contribution in [1.82, 2.24) is 5.16 Å². The Labute approximate surface area is 155 Å². The molecule has 0 unspecified atom stereocenters. The van der Waals surface area contributed by atoms with Crippen molar-refractivity contribution < 1.29 is 22.8 Å². The molecule has 1 saturated carbocycles. The summed E-state index contributed by atoms with van der Waals surface area (Å²) in [6.07, 6.45) is 4.78. The quantitative estimate of drug-likeness (QED) is 0.745. The smallest absolute Gasteiger partial charge is 0.247 e. The number of aromatic nitrogens is 1. The Bertz CT molecular complexity index is 731. The lowest BCUT2D eigenvalue weighted by molar-refractivity contribution is -0.118. The van der Waals surface area contributed by atoms with Crippen molar-refractivity contribution in [2.45, 2.75) is 70.0 Å². The van der Waals surface area contributed by atoms with Crippen molar-refractivity contribution in [3.05, 3.63) is 11.8 Å². The Kier molecular flexibility index (Phi) is 6.17. The zero-order chi connectivity index (χ0) is 19.6. The molecule has 0 radical (unpaired) electrons. The number of rotatable bonds is 7. The van der Waals surface area contributed by atoms with Gasteiger partial charge in [0.25, 0.3) is 0 Å². The average Bonchev–Trinajstić information content (AvgIpc) is 3.03. The molecule has 0 saturated heterocycles. The van der Waals surface area contributed by atoms with Gasteiger partial charge < -0.3 is 9.63 Å². The van der Waals surface area contributed by atoms with Gasteiger partial charge in [0, 0.05) is 11.5 Å². The van der Waals surface area contributed by atoms with Gasteiger partial charge >= 0.3 is 0 Å². The van der Waals surface area contributed by atoms with Crippen molar-refractivity contribution in [2.24, 2.45) is 5.92 Å². The minimum absolute atomic E-state index is 0.0266. The molecule has 7 nitrogen and oxygen atoms in total. The van der Waals surface area contributed by atoms with Crippen molar-refractivity contribution >= 4 is 21.6 Å². The maximum absolute atomic E-state index is 12.6. The van der Waals surface area contributed by atoms with E-state index in [1.54, 1.807) is 19.9 Å². The summed E-state index contributed by atoms with van der Waals surface area (Å²) in [7, 11) is -3.62. The molecule has 2 rings (SSSR count).